The van der Waals surface area contributed by atoms with Gasteiger partial charge in [0.25, 0.3) is 0 Å². The maximum atomic E-state index is 7.03. The number of hydrogen-bond acceptors (Lipinski definition) is 2. The molecule has 0 saturated heterocycles. The SMILES string of the molecule is [OH][Cu][OH].[Pb]. The molecule has 4 heteroatoms. The standard InChI is InChI=1S/Cu.2H2O.Pb/h;2*1H2;/q+2;;;/p-2. The van der Waals surface area contributed by atoms with E-state index in [1.54, 1.807) is 0 Å². The molecule has 0 aliphatic carbocycles. The van der Waals surface area contributed by atoms with Crippen LogP contribution in [0.3, 0.4) is 0 Å². The Morgan fingerprint density at radius 2 is 1.25 bits per heavy atom. The smallest absolute Gasteiger partial charge is 0 e. The molecule has 0 aliphatic heterocycles. The molecule has 0 aromatic carbocycles. The van der Waals surface area contributed by atoms with Crippen molar-refractivity contribution in [1.29, 1.82) is 0 Å². The molecule has 4 radical (unpaired) electrons. The second-order valence-corrected chi connectivity index (χ2v) is 0.249. The second-order valence-electron chi connectivity index (χ2n) is 0.0603. The van der Waals surface area contributed by atoms with Gasteiger partial charge >= 0.3 is 24.0 Å². The summed E-state index contributed by atoms with van der Waals surface area (Å²) in [4.78, 5) is 0. The van der Waals surface area contributed by atoms with E-state index in [1.807, 2.05) is 0 Å². The summed E-state index contributed by atoms with van der Waals surface area (Å²) in [6, 6.07) is 0. The molecule has 0 spiro atoms. The van der Waals surface area contributed by atoms with E-state index in [9.17, 15) is 0 Å². The molecule has 0 bridgehead atoms. The Labute approximate surface area is 51.2 Å². The van der Waals surface area contributed by atoms with Crippen LogP contribution >= 0.6 is 0 Å². The number of rotatable bonds is 0. The van der Waals surface area contributed by atoms with Crippen LogP contribution in [0.4, 0.5) is 0 Å². The Kier molecular flexibility index (Phi) is 19.9. The van der Waals surface area contributed by atoms with E-state index < -0.39 is 0 Å². The quantitative estimate of drug-likeness (QED) is 0.535. The fraction of sp³-hybridized carbons (Fsp3) is 0. The third-order valence-corrected chi connectivity index (χ3v) is 0. The van der Waals surface area contributed by atoms with Gasteiger partial charge < -0.3 is 0 Å². The van der Waals surface area contributed by atoms with Crippen LogP contribution in [0.1, 0.15) is 0 Å². The first-order valence-corrected chi connectivity index (χ1v) is 1.11. The molecule has 0 heterocycles. The molecule has 0 fully saturated rings. The van der Waals surface area contributed by atoms with E-state index in [4.69, 9.17) is 8.38 Å². The van der Waals surface area contributed by atoms with Gasteiger partial charge in [0.1, 0.15) is 0 Å². The zero-order valence-corrected chi connectivity index (χ0v) is 6.53. The van der Waals surface area contributed by atoms with Gasteiger partial charge in [-0.1, -0.05) is 0 Å². The zero-order valence-electron chi connectivity index (χ0n) is 1.70. The van der Waals surface area contributed by atoms with Crippen molar-refractivity contribution in [1.82, 2.24) is 0 Å². The van der Waals surface area contributed by atoms with Gasteiger partial charge in [0, 0.05) is 27.3 Å². The molecule has 0 atom stereocenters. The summed E-state index contributed by atoms with van der Waals surface area (Å²) in [5.74, 6) is 0. The van der Waals surface area contributed by atoms with Crippen LogP contribution in [0.5, 0.6) is 0 Å². The second kappa shape index (κ2) is 8.84. The fourth-order valence-corrected chi connectivity index (χ4v) is 0. The van der Waals surface area contributed by atoms with Gasteiger partial charge in [-0.15, -0.1) is 0 Å². The van der Waals surface area contributed by atoms with E-state index in [0.717, 1.165) is 0 Å². The van der Waals surface area contributed by atoms with Crippen LogP contribution in [-0.4, -0.2) is 35.7 Å². The van der Waals surface area contributed by atoms with Crippen molar-refractivity contribution in [2.45, 2.75) is 0 Å². The van der Waals surface area contributed by atoms with E-state index in [0.29, 0.717) is 0 Å². The minimum atomic E-state index is -0.188. The van der Waals surface area contributed by atoms with Crippen LogP contribution in [-0.2, 0) is 15.6 Å². The van der Waals surface area contributed by atoms with Crippen LogP contribution in [0.25, 0.3) is 0 Å². The topological polar surface area (TPSA) is 40.5 Å². The third kappa shape index (κ3) is 10.1. The first-order chi connectivity index (χ1) is 1.41. The molecule has 2 N–H and O–H groups in total. The van der Waals surface area contributed by atoms with Crippen LogP contribution in [0.2, 0.25) is 0 Å². The molecule has 0 aliphatic rings. The summed E-state index contributed by atoms with van der Waals surface area (Å²) in [6.45, 7) is 0. The van der Waals surface area contributed by atoms with E-state index in [1.165, 1.54) is 0 Å². The third-order valence-electron chi connectivity index (χ3n) is 0. The fourth-order valence-electron chi connectivity index (χ4n) is 0. The van der Waals surface area contributed by atoms with Crippen LogP contribution in [0, 0.1) is 0 Å². The minimum absolute atomic E-state index is 0. The Morgan fingerprint density at radius 3 is 1.25 bits per heavy atom. The minimum Gasteiger partial charge on any atom is 0 e. The zero-order chi connectivity index (χ0) is 2.71. The largest absolute Gasteiger partial charge is 0 e. The van der Waals surface area contributed by atoms with Crippen molar-refractivity contribution in [3.8, 4) is 0 Å². The molecule has 0 amide bonds. The van der Waals surface area contributed by atoms with Gasteiger partial charge in [0.15, 0.2) is 0 Å². The first-order valence-electron chi connectivity index (χ1n) is 0.270. The van der Waals surface area contributed by atoms with Gasteiger partial charge in [-0.25, -0.2) is 0 Å². The Hall–Kier alpha value is 1.36. The molecule has 4 heavy (non-hydrogen) atoms. The molecule has 0 aromatic rings. The van der Waals surface area contributed by atoms with E-state index in [-0.39, 0.29) is 42.9 Å². The molecule has 0 saturated carbocycles. The predicted octanol–water partition coefficient (Wildman–Crippen LogP) is -1.50. The average molecular weight is 305 g/mol. The van der Waals surface area contributed by atoms with Crippen molar-refractivity contribution in [3.63, 3.8) is 0 Å². The normalized spacial score (nSPS) is 5.50. The van der Waals surface area contributed by atoms with Gasteiger partial charge in [-0.2, -0.15) is 0 Å². The molecule has 29 valence electrons. The van der Waals surface area contributed by atoms with Crippen LogP contribution in [0.15, 0.2) is 0 Å². The van der Waals surface area contributed by atoms with Crippen LogP contribution < -0.4 is 0 Å². The molecule has 0 unspecified atom stereocenters. The average Bonchev–Trinajstić information content (AvgIpc) is 0.918. The van der Waals surface area contributed by atoms with Gasteiger partial charge in [-0.05, 0) is 0 Å². The van der Waals surface area contributed by atoms with E-state index in [2.05, 4.69) is 0 Å². The van der Waals surface area contributed by atoms with Gasteiger partial charge in [-0.3, -0.25) is 0 Å². The van der Waals surface area contributed by atoms with Crippen molar-refractivity contribution in [3.05, 3.63) is 0 Å². The van der Waals surface area contributed by atoms with Gasteiger partial charge in [0.2, 0.25) is 0 Å². The maximum absolute atomic E-state index is 7.03. The summed E-state index contributed by atoms with van der Waals surface area (Å²) < 4.78 is 14.1. The molecular formula is H2CuO2Pb. The molecule has 2 nitrogen and oxygen atoms in total. The summed E-state index contributed by atoms with van der Waals surface area (Å²) in [6.07, 6.45) is 0. The summed E-state index contributed by atoms with van der Waals surface area (Å²) in [5.41, 5.74) is 0. The van der Waals surface area contributed by atoms with Gasteiger partial charge in [0.05, 0.1) is 0 Å². The molecule has 0 rings (SSSR count). The first kappa shape index (κ1) is 9.03. The monoisotopic (exact) mass is 305 g/mol. The molecule has 0 aromatic heterocycles. The summed E-state index contributed by atoms with van der Waals surface area (Å²) in [7, 11) is 0. The molecular weight excluding hydrogens is 303 g/mol. The Morgan fingerprint density at radius 1 is 1.25 bits per heavy atom. The van der Waals surface area contributed by atoms with Crippen molar-refractivity contribution < 1.29 is 24.0 Å². The van der Waals surface area contributed by atoms with Crippen molar-refractivity contribution in [2.75, 3.05) is 0 Å². The van der Waals surface area contributed by atoms with Crippen molar-refractivity contribution >= 4 is 27.3 Å². The Balaban J connectivity index is 0. The summed E-state index contributed by atoms with van der Waals surface area (Å²) in [5, 5.41) is 0. The predicted molar refractivity (Wildman–Crippen MR) is 10.2 cm³/mol. The van der Waals surface area contributed by atoms with Crippen molar-refractivity contribution in [2.24, 2.45) is 0 Å². The number of hydrogen-bond donors (Lipinski definition) is 2. The maximum Gasteiger partial charge on any atom is 0 e. The summed E-state index contributed by atoms with van der Waals surface area (Å²) >= 11 is -0.188. The Bertz CT molecular complexity index is 6.00. The van der Waals surface area contributed by atoms with E-state index >= 15 is 0 Å².